The molecule has 2 heterocycles. The summed E-state index contributed by atoms with van der Waals surface area (Å²) in [4.78, 5) is 11.2. The molecular weight excluding hydrogens is 202 g/mol. The van der Waals surface area contributed by atoms with Crippen molar-refractivity contribution >= 4 is 17.5 Å². The van der Waals surface area contributed by atoms with Gasteiger partial charge in [0.05, 0.1) is 17.9 Å². The number of carbonyl (C=O) groups is 1. The molecule has 4 nitrogen and oxygen atoms in total. The molecule has 0 amide bonds. The van der Waals surface area contributed by atoms with Crippen molar-refractivity contribution in [1.29, 1.82) is 0 Å². The summed E-state index contributed by atoms with van der Waals surface area (Å²) in [5.41, 5.74) is 1.35. The molecule has 0 radical (unpaired) electrons. The van der Waals surface area contributed by atoms with Crippen molar-refractivity contribution in [1.82, 2.24) is 4.37 Å². The molecule has 0 atom stereocenters. The van der Waals surface area contributed by atoms with Crippen molar-refractivity contribution < 1.29 is 14.6 Å². The summed E-state index contributed by atoms with van der Waals surface area (Å²) < 4.78 is 9.62. The van der Waals surface area contributed by atoms with Gasteiger partial charge in [0.2, 0.25) is 0 Å². The Morgan fingerprint density at radius 3 is 3.00 bits per heavy atom. The average molecular weight is 213 g/mol. The molecule has 1 aliphatic heterocycles. The average Bonchev–Trinajstić information content (AvgIpc) is 2.44. The molecule has 2 rings (SSSR count). The molecule has 0 aromatic carbocycles. The third-order valence-corrected chi connectivity index (χ3v) is 3.18. The van der Waals surface area contributed by atoms with Crippen LogP contribution in [-0.4, -0.2) is 21.1 Å². The van der Waals surface area contributed by atoms with Gasteiger partial charge in [0.25, 0.3) is 0 Å². The van der Waals surface area contributed by atoms with Crippen LogP contribution in [0.4, 0.5) is 0 Å². The Hall–Kier alpha value is -0.940. The van der Waals surface area contributed by atoms with Gasteiger partial charge in [-0.25, -0.2) is 4.79 Å². The molecule has 1 aliphatic rings. The minimum absolute atomic E-state index is 0.278. The fraction of sp³-hybridized carbons (Fsp3) is 0.556. The Balaban J connectivity index is 2.42. The van der Waals surface area contributed by atoms with Crippen LogP contribution in [0.15, 0.2) is 0 Å². The van der Waals surface area contributed by atoms with Crippen LogP contribution < -0.4 is 0 Å². The number of aromatic nitrogens is 1. The Morgan fingerprint density at radius 2 is 2.36 bits per heavy atom. The molecule has 0 fully saturated rings. The van der Waals surface area contributed by atoms with E-state index in [1.165, 1.54) is 0 Å². The normalized spacial score (nSPS) is 19.0. The Kier molecular flexibility index (Phi) is 2.08. The number of carboxylic acid groups (broad SMARTS) is 1. The van der Waals surface area contributed by atoms with Crippen LogP contribution in [0.25, 0.3) is 0 Å². The van der Waals surface area contributed by atoms with E-state index in [0.29, 0.717) is 17.9 Å². The topological polar surface area (TPSA) is 59.4 Å². The van der Waals surface area contributed by atoms with E-state index in [4.69, 9.17) is 9.84 Å². The Labute approximate surface area is 85.7 Å². The molecular formula is C9H11NO3S. The predicted octanol–water partition coefficient (Wildman–Crippen LogP) is 1.69. The van der Waals surface area contributed by atoms with Gasteiger partial charge in [-0.2, -0.15) is 4.37 Å². The van der Waals surface area contributed by atoms with Crippen molar-refractivity contribution in [2.45, 2.75) is 32.5 Å². The van der Waals surface area contributed by atoms with Gasteiger partial charge in [0, 0.05) is 12.0 Å². The fourth-order valence-electron chi connectivity index (χ4n) is 1.55. The largest absolute Gasteiger partial charge is 0.477 e. The maximum absolute atomic E-state index is 10.9. The first-order valence-electron chi connectivity index (χ1n) is 4.34. The summed E-state index contributed by atoms with van der Waals surface area (Å²) in [5.74, 6) is -0.888. The quantitative estimate of drug-likeness (QED) is 0.771. The number of carboxylic acids is 1. The number of fused-ring (bicyclic) bond motifs is 1. The van der Waals surface area contributed by atoms with Crippen LogP contribution in [0.3, 0.4) is 0 Å². The molecule has 1 N–H and O–H groups in total. The second-order valence-electron chi connectivity index (χ2n) is 3.97. The monoisotopic (exact) mass is 213 g/mol. The van der Waals surface area contributed by atoms with Gasteiger partial charge in [-0.3, -0.25) is 0 Å². The van der Waals surface area contributed by atoms with E-state index >= 15 is 0 Å². The van der Waals surface area contributed by atoms with Gasteiger partial charge in [0.15, 0.2) is 0 Å². The Bertz CT molecular complexity index is 383. The molecule has 0 saturated heterocycles. The number of ether oxygens (including phenoxy) is 1. The van der Waals surface area contributed by atoms with E-state index in [0.717, 1.165) is 22.8 Å². The third-order valence-electron chi connectivity index (χ3n) is 2.27. The summed E-state index contributed by atoms with van der Waals surface area (Å²) in [5, 5.41) is 8.93. The fourth-order valence-corrected chi connectivity index (χ4v) is 2.29. The molecule has 1 aromatic heterocycles. The lowest BCUT2D eigenvalue weighted by atomic mass is 9.94. The van der Waals surface area contributed by atoms with Crippen molar-refractivity contribution in [3.63, 3.8) is 0 Å². The van der Waals surface area contributed by atoms with E-state index in [1.807, 2.05) is 13.8 Å². The molecule has 0 spiro atoms. The molecule has 14 heavy (non-hydrogen) atoms. The van der Waals surface area contributed by atoms with Crippen molar-refractivity contribution in [3.8, 4) is 0 Å². The summed E-state index contributed by atoms with van der Waals surface area (Å²) in [6, 6.07) is 0. The van der Waals surface area contributed by atoms with E-state index < -0.39 is 5.97 Å². The molecule has 5 heteroatoms. The second-order valence-corrected chi connectivity index (χ2v) is 4.74. The van der Waals surface area contributed by atoms with E-state index in [1.54, 1.807) is 0 Å². The molecule has 0 unspecified atom stereocenters. The summed E-state index contributed by atoms with van der Waals surface area (Å²) in [6.07, 6.45) is 0.625. The van der Waals surface area contributed by atoms with Crippen molar-refractivity contribution in [2.24, 2.45) is 0 Å². The number of hydrogen-bond donors (Lipinski definition) is 1. The lowest BCUT2D eigenvalue weighted by Crippen LogP contribution is -2.32. The van der Waals surface area contributed by atoms with E-state index in [9.17, 15) is 4.79 Å². The smallest absolute Gasteiger partial charge is 0.347 e. The van der Waals surface area contributed by atoms with Crippen LogP contribution in [-0.2, 0) is 17.8 Å². The first-order chi connectivity index (χ1) is 6.49. The first kappa shape index (κ1) is 9.61. The minimum Gasteiger partial charge on any atom is -0.477 e. The predicted molar refractivity (Wildman–Crippen MR) is 51.6 cm³/mol. The van der Waals surface area contributed by atoms with Gasteiger partial charge in [-0.15, -0.1) is 0 Å². The standard InChI is InChI=1S/C9H11NO3S/c1-9(2)3-5-6(4-13-9)10-14-7(5)8(11)12/h3-4H2,1-2H3,(H,11,12). The van der Waals surface area contributed by atoms with Crippen LogP contribution in [0.1, 0.15) is 34.8 Å². The van der Waals surface area contributed by atoms with Crippen LogP contribution in [0.2, 0.25) is 0 Å². The number of rotatable bonds is 1. The first-order valence-corrected chi connectivity index (χ1v) is 5.11. The zero-order valence-corrected chi connectivity index (χ0v) is 8.85. The highest BCUT2D eigenvalue weighted by atomic mass is 32.1. The molecule has 1 aromatic rings. The molecule has 76 valence electrons. The number of hydrogen-bond acceptors (Lipinski definition) is 4. The van der Waals surface area contributed by atoms with Crippen LogP contribution in [0.5, 0.6) is 0 Å². The highest BCUT2D eigenvalue weighted by Crippen LogP contribution is 2.31. The Morgan fingerprint density at radius 1 is 1.64 bits per heavy atom. The maximum Gasteiger partial charge on any atom is 0.347 e. The maximum atomic E-state index is 10.9. The van der Waals surface area contributed by atoms with Gasteiger partial charge in [-0.05, 0) is 25.4 Å². The lowest BCUT2D eigenvalue weighted by molar-refractivity contribution is -0.0414. The zero-order valence-electron chi connectivity index (χ0n) is 8.03. The third kappa shape index (κ3) is 1.53. The van der Waals surface area contributed by atoms with Gasteiger partial charge in [-0.1, -0.05) is 0 Å². The summed E-state index contributed by atoms with van der Waals surface area (Å²) >= 11 is 1.04. The highest BCUT2D eigenvalue weighted by molar-refractivity contribution is 7.08. The lowest BCUT2D eigenvalue weighted by Gasteiger charge is -2.29. The number of aromatic carboxylic acids is 1. The summed E-state index contributed by atoms with van der Waals surface area (Å²) in [7, 11) is 0. The molecule has 0 saturated carbocycles. The van der Waals surface area contributed by atoms with Crippen molar-refractivity contribution in [2.75, 3.05) is 0 Å². The highest BCUT2D eigenvalue weighted by Gasteiger charge is 2.31. The van der Waals surface area contributed by atoms with Crippen molar-refractivity contribution in [3.05, 3.63) is 16.1 Å². The summed E-state index contributed by atoms with van der Waals surface area (Å²) in [6.45, 7) is 4.34. The van der Waals surface area contributed by atoms with E-state index in [2.05, 4.69) is 4.37 Å². The van der Waals surface area contributed by atoms with Crippen LogP contribution >= 0.6 is 11.5 Å². The van der Waals surface area contributed by atoms with Gasteiger partial charge in [0.1, 0.15) is 4.88 Å². The van der Waals surface area contributed by atoms with E-state index in [-0.39, 0.29) is 5.60 Å². The molecule has 0 aliphatic carbocycles. The van der Waals surface area contributed by atoms with Gasteiger partial charge >= 0.3 is 5.97 Å². The zero-order chi connectivity index (χ0) is 10.3. The number of nitrogens with zero attached hydrogens (tertiary/aromatic N) is 1. The van der Waals surface area contributed by atoms with Gasteiger partial charge < -0.3 is 9.84 Å². The SMILES string of the molecule is CC1(C)Cc2c(nsc2C(=O)O)CO1. The minimum atomic E-state index is -0.888. The van der Waals surface area contributed by atoms with Crippen LogP contribution in [0, 0.1) is 0 Å². The second kappa shape index (κ2) is 3.03. The molecule has 0 bridgehead atoms.